The molecule has 0 saturated carbocycles. The zero-order valence-corrected chi connectivity index (χ0v) is 19.9. The standard InChI is InChI=1S/C26H26N4O3S/c1-20-12-13-23(16-21(20)2)30(34(32,33)24-9-4-3-5-10-24)18-26(31)28-17-22-8-6-7-11-25(22)29-15-14-27-19-29/h3-16,19H,17-18H2,1-2H3,(H,28,31). The van der Waals surface area contributed by atoms with Gasteiger partial charge in [0.2, 0.25) is 5.91 Å². The van der Waals surface area contributed by atoms with Gasteiger partial charge >= 0.3 is 0 Å². The number of nitrogens with one attached hydrogen (secondary N) is 1. The van der Waals surface area contributed by atoms with Crippen molar-refractivity contribution >= 4 is 21.6 Å². The number of rotatable bonds is 8. The Morgan fingerprint density at radius 1 is 0.971 bits per heavy atom. The SMILES string of the molecule is Cc1ccc(N(CC(=O)NCc2ccccc2-n2ccnc2)S(=O)(=O)c2ccccc2)cc1C. The van der Waals surface area contributed by atoms with E-state index < -0.39 is 15.9 Å². The molecule has 4 aromatic rings. The van der Waals surface area contributed by atoms with E-state index >= 15 is 0 Å². The van der Waals surface area contributed by atoms with Crippen LogP contribution in [0.25, 0.3) is 5.69 Å². The first kappa shape index (κ1) is 23.3. The summed E-state index contributed by atoms with van der Waals surface area (Å²) in [5, 5.41) is 2.87. The number of aryl methyl sites for hydroxylation is 2. The number of sulfonamides is 1. The van der Waals surface area contributed by atoms with Crippen LogP contribution in [-0.2, 0) is 21.4 Å². The largest absolute Gasteiger partial charge is 0.350 e. The predicted octanol–water partition coefficient (Wildman–Crippen LogP) is 4.00. The second-order valence-corrected chi connectivity index (χ2v) is 9.83. The fourth-order valence-electron chi connectivity index (χ4n) is 3.61. The molecule has 0 aliphatic carbocycles. The monoisotopic (exact) mass is 474 g/mol. The molecule has 0 aliphatic rings. The van der Waals surface area contributed by atoms with Gasteiger partial charge in [0.1, 0.15) is 6.54 Å². The lowest BCUT2D eigenvalue weighted by Crippen LogP contribution is -2.40. The fourth-order valence-corrected chi connectivity index (χ4v) is 5.04. The Morgan fingerprint density at radius 3 is 2.41 bits per heavy atom. The molecule has 0 radical (unpaired) electrons. The molecular weight excluding hydrogens is 448 g/mol. The molecule has 0 bridgehead atoms. The fraction of sp³-hybridized carbons (Fsp3) is 0.154. The zero-order valence-electron chi connectivity index (χ0n) is 19.0. The highest BCUT2D eigenvalue weighted by molar-refractivity contribution is 7.92. The molecular formula is C26H26N4O3S. The van der Waals surface area contributed by atoms with Crippen molar-refractivity contribution in [2.45, 2.75) is 25.3 Å². The van der Waals surface area contributed by atoms with Crippen molar-refractivity contribution in [1.82, 2.24) is 14.9 Å². The Balaban J connectivity index is 1.59. The lowest BCUT2D eigenvalue weighted by atomic mass is 10.1. The smallest absolute Gasteiger partial charge is 0.264 e. The van der Waals surface area contributed by atoms with Crippen molar-refractivity contribution in [2.75, 3.05) is 10.8 Å². The quantitative estimate of drug-likeness (QED) is 0.418. The highest BCUT2D eigenvalue weighted by atomic mass is 32.2. The van der Waals surface area contributed by atoms with Gasteiger partial charge in [0.25, 0.3) is 10.0 Å². The summed E-state index contributed by atoms with van der Waals surface area (Å²) in [5.41, 5.74) is 4.21. The van der Waals surface area contributed by atoms with E-state index in [1.165, 1.54) is 12.1 Å². The molecule has 0 fully saturated rings. The van der Waals surface area contributed by atoms with Crippen LogP contribution in [0.15, 0.2) is 96.4 Å². The summed E-state index contributed by atoms with van der Waals surface area (Å²) in [6.07, 6.45) is 5.20. The lowest BCUT2D eigenvalue weighted by Gasteiger charge is -2.25. The van der Waals surface area contributed by atoms with Gasteiger partial charge in [0, 0.05) is 18.9 Å². The van der Waals surface area contributed by atoms with Crippen LogP contribution >= 0.6 is 0 Å². The number of hydrogen-bond acceptors (Lipinski definition) is 4. The number of hydrogen-bond donors (Lipinski definition) is 1. The van der Waals surface area contributed by atoms with Gasteiger partial charge in [-0.05, 0) is 60.9 Å². The summed E-state index contributed by atoms with van der Waals surface area (Å²) in [7, 11) is -3.95. The molecule has 3 aromatic carbocycles. The molecule has 1 N–H and O–H groups in total. The summed E-state index contributed by atoms with van der Waals surface area (Å²) in [4.78, 5) is 17.2. The highest BCUT2D eigenvalue weighted by Crippen LogP contribution is 2.25. The number of para-hydroxylation sites is 1. The lowest BCUT2D eigenvalue weighted by molar-refractivity contribution is -0.119. The number of imidazole rings is 1. The van der Waals surface area contributed by atoms with Crippen LogP contribution in [0.3, 0.4) is 0 Å². The first-order valence-electron chi connectivity index (χ1n) is 10.8. The second kappa shape index (κ2) is 9.93. The van der Waals surface area contributed by atoms with Gasteiger partial charge in [0.15, 0.2) is 0 Å². The average molecular weight is 475 g/mol. The molecule has 0 unspecified atom stereocenters. The van der Waals surface area contributed by atoms with Gasteiger partial charge in [-0.3, -0.25) is 9.10 Å². The topological polar surface area (TPSA) is 84.3 Å². The number of carbonyl (C=O) groups excluding carboxylic acids is 1. The molecule has 0 aliphatic heterocycles. The van der Waals surface area contributed by atoms with E-state index in [0.29, 0.717) is 5.69 Å². The van der Waals surface area contributed by atoms with Gasteiger partial charge in [-0.25, -0.2) is 13.4 Å². The van der Waals surface area contributed by atoms with Crippen LogP contribution in [0, 0.1) is 13.8 Å². The number of benzene rings is 3. The summed E-state index contributed by atoms with van der Waals surface area (Å²) < 4.78 is 30.0. The number of carbonyl (C=O) groups is 1. The Labute approximate surface area is 199 Å². The molecule has 7 nitrogen and oxygen atoms in total. The first-order chi connectivity index (χ1) is 16.4. The van der Waals surface area contributed by atoms with Crippen molar-refractivity contribution in [3.05, 3.63) is 108 Å². The minimum atomic E-state index is -3.95. The molecule has 1 aromatic heterocycles. The maximum absolute atomic E-state index is 13.5. The molecule has 1 heterocycles. The van der Waals surface area contributed by atoms with Crippen LogP contribution in [0.4, 0.5) is 5.69 Å². The van der Waals surface area contributed by atoms with E-state index in [1.54, 1.807) is 42.9 Å². The molecule has 0 spiro atoms. The summed E-state index contributed by atoms with van der Waals surface area (Å²) >= 11 is 0. The molecule has 8 heteroatoms. The summed E-state index contributed by atoms with van der Waals surface area (Å²) in [5.74, 6) is -0.404. The van der Waals surface area contributed by atoms with Gasteiger partial charge < -0.3 is 9.88 Å². The van der Waals surface area contributed by atoms with Crippen LogP contribution in [-0.4, -0.2) is 30.4 Å². The predicted molar refractivity (Wildman–Crippen MR) is 132 cm³/mol. The minimum absolute atomic E-state index is 0.131. The molecule has 174 valence electrons. The van der Waals surface area contributed by atoms with E-state index in [-0.39, 0.29) is 18.0 Å². The third kappa shape index (κ3) is 5.02. The number of nitrogens with zero attached hydrogens (tertiary/aromatic N) is 3. The summed E-state index contributed by atoms with van der Waals surface area (Å²) in [6, 6.07) is 21.2. The molecule has 34 heavy (non-hydrogen) atoms. The van der Waals surface area contributed by atoms with E-state index in [4.69, 9.17) is 0 Å². The molecule has 0 atom stereocenters. The second-order valence-electron chi connectivity index (χ2n) is 7.97. The van der Waals surface area contributed by atoms with Crippen molar-refractivity contribution in [2.24, 2.45) is 0 Å². The number of anilines is 1. The number of aromatic nitrogens is 2. The first-order valence-corrected chi connectivity index (χ1v) is 12.3. The van der Waals surface area contributed by atoms with Gasteiger partial charge in [-0.1, -0.05) is 42.5 Å². The Morgan fingerprint density at radius 2 is 1.71 bits per heavy atom. The Kier molecular flexibility index (Phi) is 6.79. The maximum atomic E-state index is 13.5. The third-order valence-electron chi connectivity index (χ3n) is 5.65. The van der Waals surface area contributed by atoms with Crippen LogP contribution < -0.4 is 9.62 Å². The van der Waals surface area contributed by atoms with E-state index in [9.17, 15) is 13.2 Å². The van der Waals surface area contributed by atoms with Gasteiger partial charge in [-0.2, -0.15) is 0 Å². The summed E-state index contributed by atoms with van der Waals surface area (Å²) in [6.45, 7) is 3.78. The van der Waals surface area contributed by atoms with Crippen LogP contribution in [0.5, 0.6) is 0 Å². The highest BCUT2D eigenvalue weighted by Gasteiger charge is 2.27. The van der Waals surface area contributed by atoms with Crippen molar-refractivity contribution in [1.29, 1.82) is 0 Å². The zero-order chi connectivity index (χ0) is 24.1. The van der Waals surface area contributed by atoms with Crippen molar-refractivity contribution in [3.8, 4) is 5.69 Å². The van der Waals surface area contributed by atoms with E-state index in [0.717, 1.165) is 26.7 Å². The number of amides is 1. The van der Waals surface area contributed by atoms with Gasteiger partial charge in [0.05, 0.1) is 22.6 Å². The minimum Gasteiger partial charge on any atom is -0.350 e. The normalized spacial score (nSPS) is 11.2. The van der Waals surface area contributed by atoms with E-state index in [2.05, 4.69) is 10.3 Å². The Hall–Kier alpha value is -3.91. The molecule has 4 rings (SSSR count). The van der Waals surface area contributed by atoms with E-state index in [1.807, 2.05) is 54.9 Å². The third-order valence-corrected chi connectivity index (χ3v) is 7.44. The van der Waals surface area contributed by atoms with Gasteiger partial charge in [-0.15, -0.1) is 0 Å². The molecule has 0 saturated heterocycles. The molecule has 1 amide bonds. The maximum Gasteiger partial charge on any atom is 0.264 e. The van der Waals surface area contributed by atoms with Crippen molar-refractivity contribution in [3.63, 3.8) is 0 Å². The van der Waals surface area contributed by atoms with Crippen LogP contribution in [0.2, 0.25) is 0 Å². The van der Waals surface area contributed by atoms with Crippen molar-refractivity contribution < 1.29 is 13.2 Å². The Bertz CT molecular complexity index is 1380. The average Bonchev–Trinajstić information content (AvgIpc) is 3.38. The van der Waals surface area contributed by atoms with Crippen LogP contribution in [0.1, 0.15) is 16.7 Å².